The fourth-order valence-electron chi connectivity index (χ4n) is 6.38. The molecule has 33 heavy (non-hydrogen) atoms. The minimum Gasteiger partial charge on any atom is -0.496 e. The average molecular weight is 475 g/mol. The molecule has 1 saturated carbocycles. The van der Waals surface area contributed by atoms with Crippen molar-refractivity contribution in [3.63, 3.8) is 0 Å². The van der Waals surface area contributed by atoms with Gasteiger partial charge in [-0.2, -0.15) is 0 Å². The summed E-state index contributed by atoms with van der Waals surface area (Å²) in [5.74, 6) is 2.12. The predicted octanol–water partition coefficient (Wildman–Crippen LogP) is 5.48. The van der Waals surface area contributed by atoms with Crippen LogP contribution in [0.1, 0.15) is 63.9 Å². The molecule has 0 aromatic heterocycles. The molecule has 5 nitrogen and oxygen atoms in total. The van der Waals surface area contributed by atoms with E-state index in [9.17, 15) is 10.2 Å². The van der Waals surface area contributed by atoms with Crippen LogP contribution >= 0.6 is 11.6 Å². The summed E-state index contributed by atoms with van der Waals surface area (Å²) in [6.07, 6.45) is 7.54. The Kier molecular flexibility index (Phi) is 6.76. The zero-order valence-corrected chi connectivity index (χ0v) is 20.3. The first-order valence-electron chi connectivity index (χ1n) is 12.4. The highest BCUT2D eigenvalue weighted by atomic mass is 35.5. The molecule has 3 unspecified atom stereocenters. The van der Waals surface area contributed by atoms with Gasteiger partial charge in [-0.15, -0.1) is 0 Å². The van der Waals surface area contributed by atoms with E-state index >= 15 is 0 Å². The van der Waals surface area contributed by atoms with Crippen molar-refractivity contribution < 1.29 is 24.4 Å². The lowest BCUT2D eigenvalue weighted by molar-refractivity contribution is -0.214. The van der Waals surface area contributed by atoms with Crippen molar-refractivity contribution in [3.05, 3.63) is 45.5 Å². The Hall–Kier alpha value is -1.53. The van der Waals surface area contributed by atoms with Crippen LogP contribution < -0.4 is 4.74 Å². The predicted molar refractivity (Wildman–Crippen MR) is 128 cm³/mol. The number of hydrogen-bond acceptors (Lipinski definition) is 5. The van der Waals surface area contributed by atoms with Gasteiger partial charge in [0.15, 0.2) is 0 Å². The summed E-state index contributed by atoms with van der Waals surface area (Å²) in [5, 5.41) is 20.6. The quantitative estimate of drug-likeness (QED) is 0.446. The van der Waals surface area contributed by atoms with Crippen molar-refractivity contribution in [2.45, 2.75) is 76.8 Å². The maximum absolute atomic E-state index is 10.2. The first-order valence-corrected chi connectivity index (χ1v) is 12.8. The highest BCUT2D eigenvalue weighted by molar-refractivity contribution is 6.32. The minimum atomic E-state index is -0.906. The number of hydrogen-bond donors (Lipinski definition) is 2. The molecule has 1 aromatic rings. The molecule has 3 aliphatic carbocycles. The maximum atomic E-state index is 10.2. The highest BCUT2D eigenvalue weighted by Crippen LogP contribution is 2.53. The van der Waals surface area contributed by atoms with Gasteiger partial charge in [0.1, 0.15) is 17.6 Å². The molecule has 0 spiro atoms. The average Bonchev–Trinajstić information content (AvgIpc) is 2.82. The lowest BCUT2D eigenvalue weighted by Crippen LogP contribution is -2.50. The number of methoxy groups -OCH3 is 1. The van der Waals surface area contributed by atoms with E-state index in [2.05, 4.69) is 0 Å². The van der Waals surface area contributed by atoms with Crippen LogP contribution in [0.3, 0.4) is 0 Å². The number of aliphatic hydroxyl groups is 2. The van der Waals surface area contributed by atoms with Gasteiger partial charge in [-0.05, 0) is 74.6 Å². The molecule has 2 N–H and O–H groups in total. The van der Waals surface area contributed by atoms with Gasteiger partial charge in [0.05, 0.1) is 24.8 Å². The van der Waals surface area contributed by atoms with Gasteiger partial charge in [-0.3, -0.25) is 0 Å². The topological polar surface area (TPSA) is 68.2 Å². The van der Waals surface area contributed by atoms with Gasteiger partial charge in [0.2, 0.25) is 6.29 Å². The number of fused-ring (bicyclic) bond motifs is 3. The van der Waals surface area contributed by atoms with E-state index in [-0.39, 0.29) is 12.5 Å². The second-order valence-corrected chi connectivity index (χ2v) is 10.5. The van der Waals surface area contributed by atoms with Gasteiger partial charge in [-0.25, -0.2) is 0 Å². The van der Waals surface area contributed by atoms with Crippen molar-refractivity contribution in [1.29, 1.82) is 0 Å². The summed E-state index contributed by atoms with van der Waals surface area (Å²) in [5.41, 5.74) is 5.83. The monoisotopic (exact) mass is 474 g/mol. The molecular weight excluding hydrogens is 440 g/mol. The van der Waals surface area contributed by atoms with Crippen LogP contribution in [0, 0.1) is 17.8 Å². The van der Waals surface area contributed by atoms with E-state index in [1.807, 2.05) is 18.2 Å². The number of rotatable bonds is 4. The third kappa shape index (κ3) is 4.34. The normalized spacial score (nSPS) is 35.7. The summed E-state index contributed by atoms with van der Waals surface area (Å²) in [6.45, 7) is 1.83. The maximum Gasteiger partial charge on any atom is 0.205 e. The SMILES string of the molecule is COC(=C1C2CCCC1C1=C(CCCC1)C2)c1ccc(Cl)c(OC2OC[C@@H](O)[C@H](O)[C@@H]2C)c1. The number of aliphatic hydroxyl groups excluding tert-OH is 2. The molecule has 6 atom stereocenters. The fraction of sp³-hybridized carbons (Fsp3) is 0.630. The fourth-order valence-corrected chi connectivity index (χ4v) is 6.54. The van der Waals surface area contributed by atoms with Crippen LogP contribution in [-0.4, -0.2) is 42.4 Å². The third-order valence-corrected chi connectivity index (χ3v) is 8.41. The summed E-state index contributed by atoms with van der Waals surface area (Å²) in [4.78, 5) is 0. The third-order valence-electron chi connectivity index (χ3n) is 8.10. The second kappa shape index (κ2) is 9.61. The van der Waals surface area contributed by atoms with E-state index in [1.165, 1.54) is 56.9 Å². The van der Waals surface area contributed by atoms with Crippen molar-refractivity contribution in [2.24, 2.45) is 17.8 Å². The molecule has 4 aliphatic rings. The molecule has 2 fully saturated rings. The highest BCUT2D eigenvalue weighted by Gasteiger charge is 2.40. The van der Waals surface area contributed by atoms with Crippen LogP contribution in [0.2, 0.25) is 5.02 Å². The Balaban J connectivity index is 1.48. The van der Waals surface area contributed by atoms with Crippen LogP contribution in [-0.2, 0) is 9.47 Å². The van der Waals surface area contributed by atoms with Gasteiger partial charge >= 0.3 is 0 Å². The van der Waals surface area contributed by atoms with Crippen molar-refractivity contribution in [1.82, 2.24) is 0 Å². The van der Waals surface area contributed by atoms with Crippen LogP contribution in [0.4, 0.5) is 0 Å². The molecule has 1 saturated heterocycles. The standard InChI is InChI=1S/C27H35ClO5/c1-15-25(30)22(29)14-32-27(15)33-23-13-18(10-11-21(23)28)26(31-2)24-17-7-5-9-20(24)19-8-4-3-6-16(19)12-17/h10-11,13,15,17,20,22,25,27,29-30H,3-9,12,14H2,1-2H3/t15-,17?,20?,22+,25+,27?/m0/s1. The first-order chi connectivity index (χ1) is 16.0. The van der Waals surface area contributed by atoms with Gasteiger partial charge in [0, 0.05) is 17.4 Å². The van der Waals surface area contributed by atoms with Crippen molar-refractivity contribution in [3.8, 4) is 5.75 Å². The second-order valence-electron chi connectivity index (χ2n) is 10.1. The zero-order chi connectivity index (χ0) is 23.1. The zero-order valence-electron chi connectivity index (χ0n) is 19.6. The Bertz CT molecular complexity index is 954. The van der Waals surface area contributed by atoms with Crippen molar-refractivity contribution in [2.75, 3.05) is 13.7 Å². The summed E-state index contributed by atoms with van der Waals surface area (Å²) in [7, 11) is 1.77. The van der Waals surface area contributed by atoms with E-state index in [4.69, 9.17) is 25.8 Å². The Morgan fingerprint density at radius 1 is 1.12 bits per heavy atom. The largest absolute Gasteiger partial charge is 0.496 e. The van der Waals surface area contributed by atoms with Crippen LogP contribution in [0.5, 0.6) is 5.75 Å². The van der Waals surface area contributed by atoms with Gasteiger partial charge in [-0.1, -0.05) is 36.1 Å². The number of benzene rings is 1. The number of ether oxygens (including phenoxy) is 3. The molecular formula is C27H35ClO5. The van der Waals surface area contributed by atoms with Crippen LogP contribution in [0.15, 0.2) is 34.9 Å². The van der Waals surface area contributed by atoms with Gasteiger partial charge < -0.3 is 24.4 Å². The van der Waals surface area contributed by atoms with E-state index in [0.717, 1.165) is 11.3 Å². The first kappa shape index (κ1) is 23.2. The molecule has 1 aliphatic heterocycles. The lowest BCUT2D eigenvalue weighted by Gasteiger charge is -2.43. The van der Waals surface area contributed by atoms with Crippen LogP contribution in [0.25, 0.3) is 5.76 Å². The molecule has 0 amide bonds. The Morgan fingerprint density at radius 2 is 1.94 bits per heavy atom. The number of allylic oxidation sites excluding steroid dienone is 3. The summed E-state index contributed by atoms with van der Waals surface area (Å²) < 4.78 is 17.8. The van der Waals surface area contributed by atoms with E-state index in [1.54, 1.807) is 25.2 Å². The number of halogens is 1. The summed E-state index contributed by atoms with van der Waals surface area (Å²) in [6, 6.07) is 5.78. The molecule has 6 heteroatoms. The Morgan fingerprint density at radius 3 is 2.76 bits per heavy atom. The molecule has 1 aromatic carbocycles. The molecule has 2 bridgehead atoms. The Labute approximate surface area is 201 Å². The van der Waals surface area contributed by atoms with E-state index in [0.29, 0.717) is 22.6 Å². The molecule has 1 heterocycles. The summed E-state index contributed by atoms with van der Waals surface area (Å²) >= 11 is 6.49. The molecule has 180 valence electrons. The smallest absolute Gasteiger partial charge is 0.205 e. The van der Waals surface area contributed by atoms with Crippen molar-refractivity contribution >= 4 is 17.4 Å². The van der Waals surface area contributed by atoms with E-state index < -0.39 is 18.5 Å². The molecule has 0 radical (unpaired) electrons. The lowest BCUT2D eigenvalue weighted by atomic mass is 9.62. The van der Waals surface area contributed by atoms with Gasteiger partial charge in [0.25, 0.3) is 0 Å². The molecule has 5 rings (SSSR count). The minimum absolute atomic E-state index is 0.0294.